The lowest BCUT2D eigenvalue weighted by molar-refractivity contribution is -0.143. The van der Waals surface area contributed by atoms with Crippen LogP contribution in [0.1, 0.15) is 232 Å². The first-order chi connectivity index (χ1) is 25.5. The van der Waals surface area contributed by atoms with Crippen molar-refractivity contribution in [1.82, 2.24) is 5.32 Å². The van der Waals surface area contributed by atoms with Crippen LogP contribution in [0.5, 0.6) is 0 Å². The fourth-order valence-corrected chi connectivity index (χ4v) is 6.71. The van der Waals surface area contributed by atoms with Gasteiger partial charge in [-0.15, -0.1) is 0 Å². The molecule has 0 rings (SSSR count). The maximum Gasteiger partial charge on any atom is 0.305 e. The molecule has 0 aromatic rings. The van der Waals surface area contributed by atoms with Gasteiger partial charge in [0, 0.05) is 12.8 Å². The number of rotatable bonds is 41. The van der Waals surface area contributed by atoms with Crippen molar-refractivity contribution in [3.8, 4) is 0 Å². The molecule has 52 heavy (non-hydrogen) atoms. The maximum atomic E-state index is 12.4. The minimum atomic E-state index is -0.681. The Bertz CT molecular complexity index is 813. The van der Waals surface area contributed by atoms with E-state index in [1.54, 1.807) is 0 Å². The highest BCUT2D eigenvalue weighted by Crippen LogP contribution is 2.15. The molecule has 0 heterocycles. The van der Waals surface area contributed by atoms with Crippen LogP contribution >= 0.6 is 0 Å². The average Bonchev–Trinajstić information content (AvgIpc) is 3.14. The molecule has 0 saturated heterocycles. The Labute approximate surface area is 322 Å². The molecular weight excluding hydrogens is 647 g/mol. The number of ether oxygens (including phenoxy) is 1. The van der Waals surface area contributed by atoms with Crippen LogP contribution in [0, 0.1) is 0 Å². The summed E-state index contributed by atoms with van der Waals surface area (Å²) in [6, 6.07) is -0.561. The van der Waals surface area contributed by atoms with E-state index in [4.69, 9.17) is 4.74 Å². The number of carbonyl (C=O) groups is 2. The van der Waals surface area contributed by atoms with E-state index in [-0.39, 0.29) is 18.5 Å². The molecule has 0 spiro atoms. The zero-order valence-corrected chi connectivity index (χ0v) is 34.5. The van der Waals surface area contributed by atoms with Crippen LogP contribution in [-0.4, -0.2) is 47.4 Å². The molecule has 0 bridgehead atoms. The lowest BCUT2D eigenvalue weighted by Gasteiger charge is -2.22. The number of unbranched alkanes of at least 4 members (excludes halogenated alkanes) is 26. The number of esters is 1. The highest BCUT2D eigenvalue weighted by atomic mass is 16.5. The Morgan fingerprint density at radius 1 is 0.538 bits per heavy atom. The highest BCUT2D eigenvalue weighted by molar-refractivity contribution is 5.76. The van der Waals surface area contributed by atoms with Crippen molar-refractivity contribution in [3.05, 3.63) is 24.3 Å². The van der Waals surface area contributed by atoms with Gasteiger partial charge in [-0.25, -0.2) is 0 Å². The third kappa shape index (κ3) is 38.1. The van der Waals surface area contributed by atoms with E-state index in [0.29, 0.717) is 25.9 Å². The van der Waals surface area contributed by atoms with Gasteiger partial charge in [0.2, 0.25) is 5.91 Å². The number of aliphatic hydroxyl groups is 2. The maximum absolute atomic E-state index is 12.4. The standard InChI is InChI=1S/C46H87NO5/c1-3-5-7-9-11-13-15-17-18-20-24-28-32-36-40-46(51)52-41-37-33-29-25-21-23-27-31-35-39-45(50)47-43(42-48)44(49)38-34-30-26-22-19-16-14-12-10-8-6-4-2/h9,11,15,17,43-44,48-49H,3-8,10,12-14,16,18-42H2,1-2H3,(H,47,50)/b11-9-,17-15-. The molecule has 0 radical (unpaired) electrons. The molecule has 0 aliphatic heterocycles. The van der Waals surface area contributed by atoms with Gasteiger partial charge in [-0.05, 0) is 51.4 Å². The number of carbonyl (C=O) groups excluding carboxylic acids is 2. The van der Waals surface area contributed by atoms with Crippen molar-refractivity contribution < 1.29 is 24.5 Å². The van der Waals surface area contributed by atoms with Crippen LogP contribution in [0.15, 0.2) is 24.3 Å². The molecule has 0 aliphatic rings. The molecule has 306 valence electrons. The van der Waals surface area contributed by atoms with Crippen molar-refractivity contribution in [1.29, 1.82) is 0 Å². The summed E-state index contributed by atoms with van der Waals surface area (Å²) in [5.74, 6) is -0.106. The summed E-state index contributed by atoms with van der Waals surface area (Å²) in [6.45, 7) is 4.82. The van der Waals surface area contributed by atoms with E-state index >= 15 is 0 Å². The molecule has 6 nitrogen and oxygen atoms in total. The smallest absolute Gasteiger partial charge is 0.305 e. The van der Waals surface area contributed by atoms with Crippen LogP contribution in [0.4, 0.5) is 0 Å². The Morgan fingerprint density at radius 2 is 0.981 bits per heavy atom. The molecule has 2 unspecified atom stereocenters. The second-order valence-electron chi connectivity index (χ2n) is 15.4. The zero-order valence-electron chi connectivity index (χ0n) is 34.5. The van der Waals surface area contributed by atoms with Crippen LogP contribution in [0.2, 0.25) is 0 Å². The Hall–Kier alpha value is -1.66. The monoisotopic (exact) mass is 734 g/mol. The highest BCUT2D eigenvalue weighted by Gasteiger charge is 2.20. The fourth-order valence-electron chi connectivity index (χ4n) is 6.71. The SMILES string of the molecule is CCCC/C=C\C/C=C\CCCCCCCC(=O)OCCCCCCCCCCCC(=O)NC(CO)C(O)CCCCCCCCCCCCCC. The topological polar surface area (TPSA) is 95.9 Å². The predicted molar refractivity (Wildman–Crippen MR) is 223 cm³/mol. The summed E-state index contributed by atoms with van der Waals surface area (Å²) in [7, 11) is 0. The second-order valence-corrected chi connectivity index (χ2v) is 15.4. The van der Waals surface area contributed by atoms with Gasteiger partial charge in [0.1, 0.15) is 0 Å². The second kappa shape index (κ2) is 42.1. The van der Waals surface area contributed by atoms with Gasteiger partial charge in [-0.3, -0.25) is 9.59 Å². The molecule has 0 fully saturated rings. The number of nitrogens with one attached hydrogen (secondary N) is 1. The van der Waals surface area contributed by atoms with E-state index in [0.717, 1.165) is 70.6 Å². The predicted octanol–water partition coefficient (Wildman–Crippen LogP) is 12.8. The fraction of sp³-hybridized carbons (Fsp3) is 0.870. The Balaban J connectivity index is 3.51. The molecular formula is C46H87NO5. The first-order valence-electron chi connectivity index (χ1n) is 22.6. The summed E-state index contributed by atoms with van der Waals surface area (Å²) in [6.07, 6.45) is 47.0. The van der Waals surface area contributed by atoms with Gasteiger partial charge >= 0.3 is 5.97 Å². The molecule has 1 amide bonds. The van der Waals surface area contributed by atoms with Crippen molar-refractivity contribution in [3.63, 3.8) is 0 Å². The lowest BCUT2D eigenvalue weighted by Crippen LogP contribution is -2.45. The number of amides is 1. The average molecular weight is 734 g/mol. The molecule has 6 heteroatoms. The van der Waals surface area contributed by atoms with Gasteiger partial charge in [-0.1, -0.05) is 192 Å². The molecule has 0 aliphatic carbocycles. The number of hydrogen-bond acceptors (Lipinski definition) is 5. The Kier molecular flexibility index (Phi) is 40.7. The number of allylic oxidation sites excluding steroid dienone is 4. The largest absolute Gasteiger partial charge is 0.466 e. The third-order valence-corrected chi connectivity index (χ3v) is 10.3. The minimum absolute atomic E-state index is 0.0403. The summed E-state index contributed by atoms with van der Waals surface area (Å²) in [5, 5.41) is 23.1. The zero-order chi connectivity index (χ0) is 38.0. The van der Waals surface area contributed by atoms with Gasteiger partial charge in [0.05, 0.1) is 25.4 Å². The summed E-state index contributed by atoms with van der Waals surface area (Å²) < 4.78 is 5.43. The third-order valence-electron chi connectivity index (χ3n) is 10.3. The van der Waals surface area contributed by atoms with Crippen LogP contribution in [0.25, 0.3) is 0 Å². The van der Waals surface area contributed by atoms with Gasteiger partial charge < -0.3 is 20.3 Å². The lowest BCUT2D eigenvalue weighted by atomic mass is 10.0. The van der Waals surface area contributed by atoms with Crippen molar-refractivity contribution in [2.75, 3.05) is 13.2 Å². The van der Waals surface area contributed by atoms with E-state index in [1.807, 2.05) is 0 Å². The summed E-state index contributed by atoms with van der Waals surface area (Å²) in [4.78, 5) is 24.4. The molecule has 0 aromatic heterocycles. The normalized spacial score (nSPS) is 12.9. The molecule has 3 N–H and O–H groups in total. The van der Waals surface area contributed by atoms with Crippen molar-refractivity contribution in [2.24, 2.45) is 0 Å². The summed E-state index contributed by atoms with van der Waals surface area (Å²) >= 11 is 0. The Morgan fingerprint density at radius 3 is 1.52 bits per heavy atom. The number of hydrogen-bond donors (Lipinski definition) is 3. The quantitative estimate of drug-likeness (QED) is 0.0330. The first kappa shape index (κ1) is 50.3. The molecule has 2 atom stereocenters. The minimum Gasteiger partial charge on any atom is -0.466 e. The van der Waals surface area contributed by atoms with E-state index < -0.39 is 12.1 Å². The van der Waals surface area contributed by atoms with Crippen molar-refractivity contribution >= 4 is 11.9 Å². The van der Waals surface area contributed by atoms with Crippen LogP contribution < -0.4 is 5.32 Å². The van der Waals surface area contributed by atoms with E-state index in [1.165, 1.54) is 128 Å². The van der Waals surface area contributed by atoms with Gasteiger partial charge in [0.25, 0.3) is 0 Å². The summed E-state index contributed by atoms with van der Waals surface area (Å²) in [5.41, 5.74) is 0. The molecule has 0 saturated carbocycles. The van der Waals surface area contributed by atoms with Crippen LogP contribution in [0.3, 0.4) is 0 Å². The van der Waals surface area contributed by atoms with Gasteiger partial charge in [0.15, 0.2) is 0 Å². The number of aliphatic hydroxyl groups excluding tert-OH is 2. The van der Waals surface area contributed by atoms with Gasteiger partial charge in [-0.2, -0.15) is 0 Å². The first-order valence-corrected chi connectivity index (χ1v) is 22.6. The van der Waals surface area contributed by atoms with E-state index in [2.05, 4.69) is 43.5 Å². The van der Waals surface area contributed by atoms with Crippen molar-refractivity contribution in [2.45, 2.75) is 244 Å². The molecule has 0 aromatic carbocycles. The van der Waals surface area contributed by atoms with Crippen LogP contribution in [-0.2, 0) is 14.3 Å². The van der Waals surface area contributed by atoms with E-state index in [9.17, 15) is 19.8 Å².